The van der Waals surface area contributed by atoms with Crippen molar-refractivity contribution in [1.29, 1.82) is 0 Å². The van der Waals surface area contributed by atoms with Crippen LogP contribution >= 0.6 is 22.7 Å². The van der Waals surface area contributed by atoms with E-state index in [1.54, 1.807) is 0 Å². The lowest BCUT2D eigenvalue weighted by atomic mass is 9.96. The van der Waals surface area contributed by atoms with Gasteiger partial charge in [-0.05, 0) is 75.3 Å². The second kappa shape index (κ2) is 12.8. The molecule has 1 nitrogen and oxygen atoms in total. The monoisotopic (exact) mass is 701 g/mol. The van der Waals surface area contributed by atoms with Crippen LogP contribution in [0, 0.1) is 0 Å². The summed E-state index contributed by atoms with van der Waals surface area (Å²) >= 11 is 3.83. The molecule has 248 valence electrons. The molecule has 0 radical (unpaired) electrons. The van der Waals surface area contributed by atoms with Gasteiger partial charge < -0.3 is 4.90 Å². The number of benzene rings is 8. The van der Waals surface area contributed by atoms with Crippen molar-refractivity contribution < 1.29 is 0 Å². The van der Waals surface area contributed by atoms with E-state index in [4.69, 9.17) is 0 Å². The van der Waals surface area contributed by atoms with E-state index in [1.807, 2.05) is 22.7 Å². The van der Waals surface area contributed by atoms with Gasteiger partial charge in [-0.3, -0.25) is 0 Å². The summed E-state index contributed by atoms with van der Waals surface area (Å²) in [6, 6.07) is 62.7. The summed E-state index contributed by atoms with van der Waals surface area (Å²) in [6.07, 6.45) is 2.07. The van der Waals surface area contributed by atoms with E-state index >= 15 is 0 Å². The molecule has 2 heterocycles. The molecule has 0 aliphatic rings. The summed E-state index contributed by atoms with van der Waals surface area (Å²) in [4.78, 5) is 2.59. The molecule has 0 amide bonds. The maximum absolute atomic E-state index is 2.59. The van der Waals surface area contributed by atoms with Crippen LogP contribution in [0.2, 0.25) is 0 Å². The van der Waals surface area contributed by atoms with E-state index in [-0.39, 0.29) is 0 Å². The quantitative estimate of drug-likeness (QED) is 0.160. The SMILES string of the molecule is CCCc1ccc2c(sc3ccccc32)c1N(c1ccc(-c2cccc3ccccc23)cc1)c1ccc(-c2ccccc2)c2c1sc1ccccc12. The van der Waals surface area contributed by atoms with Crippen molar-refractivity contribution in [1.82, 2.24) is 0 Å². The third-order valence-corrected chi connectivity index (χ3v) is 12.8. The molecule has 3 heteroatoms. The molecule has 2 aromatic heterocycles. The molecule has 0 bridgehead atoms. The standard InChI is InChI=1S/C49H35NS2/c1-2-13-35-26-29-41-40-19-8-10-22-44(40)51-48(41)47(35)50(36-27-24-34(25-28-36)38-21-12-17-32-16-6-7-18-37(32)38)43-31-30-39(33-14-4-3-5-15-33)46-42-20-9-11-23-45(42)52-49(43)46/h3-12,14-31H,2,13H2,1H3. The van der Waals surface area contributed by atoms with Crippen molar-refractivity contribution in [3.63, 3.8) is 0 Å². The minimum Gasteiger partial charge on any atom is -0.307 e. The van der Waals surface area contributed by atoms with Crippen molar-refractivity contribution in [3.8, 4) is 22.3 Å². The molecule has 0 atom stereocenters. The Morgan fingerprint density at radius 3 is 1.92 bits per heavy atom. The van der Waals surface area contributed by atoms with Crippen molar-refractivity contribution >= 4 is 90.9 Å². The largest absolute Gasteiger partial charge is 0.307 e. The Morgan fingerprint density at radius 1 is 0.462 bits per heavy atom. The highest BCUT2D eigenvalue weighted by atomic mass is 32.1. The van der Waals surface area contributed by atoms with Gasteiger partial charge in [0.05, 0.1) is 20.8 Å². The Kier molecular flexibility index (Phi) is 7.63. The Bertz CT molecular complexity index is 2910. The zero-order chi connectivity index (χ0) is 34.6. The molecule has 0 saturated carbocycles. The minimum absolute atomic E-state index is 1.00. The van der Waals surface area contributed by atoms with Crippen LogP contribution in [0.25, 0.3) is 73.4 Å². The van der Waals surface area contributed by atoms with Crippen LogP contribution in [-0.2, 0) is 6.42 Å². The van der Waals surface area contributed by atoms with Gasteiger partial charge in [-0.15, -0.1) is 22.7 Å². The summed E-state index contributed by atoms with van der Waals surface area (Å²) < 4.78 is 5.28. The summed E-state index contributed by atoms with van der Waals surface area (Å²) in [5.41, 5.74) is 10.1. The topological polar surface area (TPSA) is 3.24 Å². The predicted octanol–water partition coefficient (Wildman–Crippen LogP) is 15.3. The predicted molar refractivity (Wildman–Crippen MR) is 229 cm³/mol. The third kappa shape index (κ3) is 5.04. The summed E-state index contributed by atoms with van der Waals surface area (Å²) in [5, 5.41) is 7.81. The normalized spacial score (nSPS) is 11.7. The van der Waals surface area contributed by atoms with Gasteiger partial charge in [-0.1, -0.05) is 153 Å². The maximum atomic E-state index is 2.59. The molecule has 10 aromatic rings. The van der Waals surface area contributed by atoms with Gasteiger partial charge in [0.2, 0.25) is 0 Å². The number of hydrogen-bond acceptors (Lipinski definition) is 3. The molecule has 0 fully saturated rings. The molecular weight excluding hydrogens is 667 g/mol. The Hall–Kier alpha value is -5.74. The second-order valence-electron chi connectivity index (χ2n) is 13.5. The van der Waals surface area contributed by atoms with Crippen molar-refractivity contribution in [3.05, 3.63) is 175 Å². The third-order valence-electron chi connectivity index (χ3n) is 10.4. The van der Waals surface area contributed by atoms with E-state index in [0.717, 1.165) is 18.5 Å². The van der Waals surface area contributed by atoms with Crippen LogP contribution < -0.4 is 4.90 Å². The van der Waals surface area contributed by atoms with Crippen LogP contribution in [0.3, 0.4) is 0 Å². The fraction of sp³-hybridized carbons (Fsp3) is 0.0612. The number of anilines is 3. The molecule has 0 saturated heterocycles. The fourth-order valence-corrected chi connectivity index (χ4v) is 10.5. The highest BCUT2D eigenvalue weighted by Crippen LogP contribution is 2.52. The lowest BCUT2D eigenvalue weighted by Crippen LogP contribution is -2.13. The summed E-state index contributed by atoms with van der Waals surface area (Å²) in [5.74, 6) is 0. The van der Waals surface area contributed by atoms with Gasteiger partial charge in [0.25, 0.3) is 0 Å². The lowest BCUT2D eigenvalue weighted by Gasteiger charge is -2.29. The first kappa shape index (κ1) is 31.0. The summed E-state index contributed by atoms with van der Waals surface area (Å²) in [6.45, 7) is 2.29. The number of rotatable bonds is 7. The van der Waals surface area contributed by atoms with Gasteiger partial charge in [0.1, 0.15) is 0 Å². The zero-order valence-electron chi connectivity index (χ0n) is 28.8. The van der Waals surface area contributed by atoms with Gasteiger partial charge in [-0.2, -0.15) is 0 Å². The van der Waals surface area contributed by atoms with Crippen molar-refractivity contribution in [2.45, 2.75) is 19.8 Å². The molecule has 0 N–H and O–H groups in total. The molecule has 0 unspecified atom stereocenters. The first-order chi connectivity index (χ1) is 25.8. The highest BCUT2D eigenvalue weighted by Gasteiger charge is 2.25. The van der Waals surface area contributed by atoms with E-state index in [0.29, 0.717) is 0 Å². The first-order valence-electron chi connectivity index (χ1n) is 18.1. The van der Waals surface area contributed by atoms with Crippen molar-refractivity contribution in [2.24, 2.45) is 0 Å². The van der Waals surface area contributed by atoms with Crippen LogP contribution in [0.15, 0.2) is 170 Å². The van der Waals surface area contributed by atoms with Crippen LogP contribution in [0.4, 0.5) is 17.1 Å². The smallest absolute Gasteiger partial charge is 0.0672 e. The van der Waals surface area contributed by atoms with Crippen LogP contribution in [-0.4, -0.2) is 0 Å². The van der Waals surface area contributed by atoms with Gasteiger partial charge in [0.15, 0.2) is 0 Å². The molecule has 10 rings (SSSR count). The summed E-state index contributed by atoms with van der Waals surface area (Å²) in [7, 11) is 0. The minimum atomic E-state index is 1.00. The zero-order valence-corrected chi connectivity index (χ0v) is 30.5. The number of hydrogen-bond donors (Lipinski definition) is 0. The first-order valence-corrected chi connectivity index (χ1v) is 19.7. The number of nitrogens with zero attached hydrogens (tertiary/aromatic N) is 1. The van der Waals surface area contributed by atoms with E-state index in [1.165, 1.54) is 90.3 Å². The Labute approximate surface area is 311 Å². The second-order valence-corrected chi connectivity index (χ2v) is 15.6. The van der Waals surface area contributed by atoms with Crippen molar-refractivity contribution in [2.75, 3.05) is 4.90 Å². The molecule has 52 heavy (non-hydrogen) atoms. The molecule has 0 spiro atoms. The molecule has 0 aliphatic carbocycles. The number of thiophene rings is 2. The highest BCUT2D eigenvalue weighted by molar-refractivity contribution is 7.27. The van der Waals surface area contributed by atoms with Crippen LogP contribution in [0.1, 0.15) is 18.9 Å². The fourth-order valence-electron chi connectivity index (χ4n) is 8.04. The van der Waals surface area contributed by atoms with E-state index < -0.39 is 0 Å². The lowest BCUT2D eigenvalue weighted by molar-refractivity contribution is 0.921. The molecule has 0 aliphatic heterocycles. The Morgan fingerprint density at radius 2 is 1.12 bits per heavy atom. The molecular formula is C49H35NS2. The van der Waals surface area contributed by atoms with Gasteiger partial charge in [-0.25, -0.2) is 0 Å². The van der Waals surface area contributed by atoms with E-state index in [2.05, 4.69) is 182 Å². The number of fused-ring (bicyclic) bond motifs is 7. The Balaban J connectivity index is 1.28. The van der Waals surface area contributed by atoms with Crippen LogP contribution in [0.5, 0.6) is 0 Å². The number of aryl methyl sites for hydroxylation is 1. The van der Waals surface area contributed by atoms with E-state index in [9.17, 15) is 0 Å². The average Bonchev–Trinajstić information content (AvgIpc) is 3.79. The van der Waals surface area contributed by atoms with Gasteiger partial charge in [0, 0.05) is 36.6 Å². The molecule has 8 aromatic carbocycles. The van der Waals surface area contributed by atoms with Gasteiger partial charge >= 0.3 is 0 Å². The average molecular weight is 702 g/mol. The maximum Gasteiger partial charge on any atom is 0.0672 e.